The average Bonchev–Trinajstić information content (AvgIpc) is 2.17. The fourth-order valence-electron chi connectivity index (χ4n) is 1.41. The Hall–Kier alpha value is -0.640. The number of aromatic carboxylic acids is 1. The summed E-state index contributed by atoms with van der Waals surface area (Å²) in [6, 6.07) is 2.88. The molecule has 0 aliphatic heterocycles. The molecule has 0 bridgehead atoms. The predicted octanol–water partition coefficient (Wildman–Crippen LogP) is 2.95. The van der Waals surface area contributed by atoms with Gasteiger partial charge in [-0.3, -0.25) is 4.72 Å². The van der Waals surface area contributed by atoms with Gasteiger partial charge in [0.2, 0.25) is 0 Å². The van der Waals surface area contributed by atoms with Crippen molar-refractivity contribution in [3.05, 3.63) is 26.6 Å². The molecule has 0 aliphatic carbocycles. The van der Waals surface area contributed by atoms with Gasteiger partial charge in [-0.05, 0) is 48.8 Å². The van der Waals surface area contributed by atoms with Gasteiger partial charge >= 0.3 is 5.97 Å². The van der Waals surface area contributed by atoms with E-state index < -0.39 is 21.7 Å². The molecule has 0 saturated carbocycles. The fourth-order valence-corrected chi connectivity index (χ4v) is 4.21. The number of carboxylic acids is 1. The molecule has 1 rings (SSSR count). The molecular weight excluding hydrogens is 416 g/mol. The highest BCUT2D eigenvalue weighted by Gasteiger charge is 2.23. The second kappa shape index (κ2) is 6.00. The maximum atomic E-state index is 12.0. The van der Waals surface area contributed by atoms with Crippen molar-refractivity contribution in [3.63, 3.8) is 0 Å². The van der Waals surface area contributed by atoms with Crippen LogP contribution in [0.15, 0.2) is 21.1 Å². The topological polar surface area (TPSA) is 95.5 Å². The summed E-state index contributed by atoms with van der Waals surface area (Å²) < 4.78 is 29.4. The molecule has 0 aliphatic rings. The van der Waals surface area contributed by atoms with Crippen LogP contribution in [0.4, 0.5) is 5.69 Å². The standard InChI is InChI=1S/C11H14Br2N2O4S/c1-11(2,3)15-20(18,19)14-9-7(10(16)17)4-6(12)5-8(9)13/h4-5,14-15H,1-3H3,(H,16,17). The van der Waals surface area contributed by atoms with Gasteiger partial charge in [0.05, 0.1) is 11.3 Å². The van der Waals surface area contributed by atoms with Crippen molar-refractivity contribution >= 4 is 53.7 Å². The van der Waals surface area contributed by atoms with Crippen LogP contribution in [0.25, 0.3) is 0 Å². The van der Waals surface area contributed by atoms with E-state index in [0.29, 0.717) is 8.95 Å². The van der Waals surface area contributed by atoms with Crippen molar-refractivity contribution in [1.29, 1.82) is 0 Å². The third kappa shape index (κ3) is 5.04. The van der Waals surface area contributed by atoms with Gasteiger partial charge < -0.3 is 5.11 Å². The minimum atomic E-state index is -3.89. The second-order valence-electron chi connectivity index (χ2n) is 5.07. The molecule has 1 aromatic rings. The number of nitrogens with one attached hydrogen (secondary N) is 2. The zero-order valence-corrected chi connectivity index (χ0v) is 15.0. The first-order valence-corrected chi connectivity index (χ1v) is 8.52. The Morgan fingerprint density at radius 3 is 2.25 bits per heavy atom. The van der Waals surface area contributed by atoms with E-state index in [1.54, 1.807) is 26.8 Å². The third-order valence-electron chi connectivity index (χ3n) is 1.96. The summed E-state index contributed by atoms with van der Waals surface area (Å²) in [7, 11) is -3.89. The van der Waals surface area contributed by atoms with Crippen LogP contribution in [0.5, 0.6) is 0 Å². The van der Waals surface area contributed by atoms with E-state index in [4.69, 9.17) is 5.11 Å². The summed E-state index contributed by atoms with van der Waals surface area (Å²) >= 11 is 6.31. The van der Waals surface area contributed by atoms with Crippen LogP contribution in [-0.2, 0) is 10.2 Å². The Morgan fingerprint density at radius 2 is 1.80 bits per heavy atom. The summed E-state index contributed by atoms with van der Waals surface area (Å²) in [6.45, 7) is 5.04. The van der Waals surface area contributed by atoms with E-state index >= 15 is 0 Å². The third-order valence-corrected chi connectivity index (χ3v) is 4.40. The van der Waals surface area contributed by atoms with E-state index in [0.717, 1.165) is 0 Å². The van der Waals surface area contributed by atoms with Gasteiger partial charge in [-0.15, -0.1) is 0 Å². The maximum absolute atomic E-state index is 12.0. The van der Waals surface area contributed by atoms with Crippen LogP contribution in [0.2, 0.25) is 0 Å². The van der Waals surface area contributed by atoms with Crippen molar-refractivity contribution in [2.45, 2.75) is 26.3 Å². The maximum Gasteiger partial charge on any atom is 0.337 e. The van der Waals surface area contributed by atoms with Crippen LogP contribution in [0.3, 0.4) is 0 Å². The molecule has 0 amide bonds. The van der Waals surface area contributed by atoms with Gasteiger partial charge in [-0.2, -0.15) is 13.1 Å². The van der Waals surface area contributed by atoms with Crippen molar-refractivity contribution in [3.8, 4) is 0 Å². The van der Waals surface area contributed by atoms with E-state index in [1.807, 2.05) is 0 Å². The number of carbonyl (C=O) groups is 1. The molecule has 0 fully saturated rings. The van der Waals surface area contributed by atoms with Crippen molar-refractivity contribution in [2.75, 3.05) is 4.72 Å². The lowest BCUT2D eigenvalue weighted by molar-refractivity contribution is 0.0698. The summed E-state index contributed by atoms with van der Waals surface area (Å²) in [6.07, 6.45) is 0. The van der Waals surface area contributed by atoms with Crippen LogP contribution in [-0.4, -0.2) is 25.0 Å². The van der Waals surface area contributed by atoms with Crippen LogP contribution in [0, 0.1) is 0 Å². The van der Waals surface area contributed by atoms with Crippen LogP contribution in [0.1, 0.15) is 31.1 Å². The SMILES string of the molecule is CC(C)(C)NS(=O)(=O)Nc1c(Br)cc(Br)cc1C(=O)O. The summed E-state index contributed by atoms with van der Waals surface area (Å²) in [5, 5.41) is 9.15. The molecule has 0 spiro atoms. The van der Waals surface area contributed by atoms with E-state index in [1.165, 1.54) is 6.07 Å². The number of rotatable bonds is 4. The first-order valence-electron chi connectivity index (χ1n) is 5.45. The van der Waals surface area contributed by atoms with Gasteiger partial charge in [0, 0.05) is 14.5 Å². The molecule has 0 saturated heterocycles. The summed E-state index contributed by atoms with van der Waals surface area (Å²) in [4.78, 5) is 11.2. The lowest BCUT2D eigenvalue weighted by Crippen LogP contribution is -2.43. The highest BCUT2D eigenvalue weighted by molar-refractivity contribution is 9.11. The number of hydrogen-bond acceptors (Lipinski definition) is 3. The summed E-state index contributed by atoms with van der Waals surface area (Å²) in [5.74, 6) is -1.24. The minimum Gasteiger partial charge on any atom is -0.478 e. The quantitative estimate of drug-likeness (QED) is 0.685. The van der Waals surface area contributed by atoms with E-state index in [-0.39, 0.29) is 11.3 Å². The van der Waals surface area contributed by atoms with Crippen molar-refractivity contribution in [1.82, 2.24) is 4.72 Å². The molecule has 0 heterocycles. The Bertz CT molecular complexity index is 639. The number of hydrogen-bond donors (Lipinski definition) is 3. The lowest BCUT2D eigenvalue weighted by atomic mass is 10.1. The molecular formula is C11H14Br2N2O4S. The van der Waals surface area contributed by atoms with Crippen molar-refractivity contribution in [2.24, 2.45) is 0 Å². The van der Waals surface area contributed by atoms with Gasteiger partial charge in [-0.25, -0.2) is 4.79 Å². The van der Waals surface area contributed by atoms with Gasteiger partial charge in [0.15, 0.2) is 0 Å². The minimum absolute atomic E-state index is 0.0301. The molecule has 0 unspecified atom stereocenters. The number of anilines is 1. The molecule has 0 aromatic heterocycles. The molecule has 3 N–H and O–H groups in total. The molecule has 0 atom stereocenters. The van der Waals surface area contributed by atoms with Crippen molar-refractivity contribution < 1.29 is 18.3 Å². The zero-order chi connectivity index (χ0) is 15.7. The Morgan fingerprint density at radius 1 is 1.25 bits per heavy atom. The average molecular weight is 430 g/mol. The largest absolute Gasteiger partial charge is 0.478 e. The normalized spacial score (nSPS) is 12.2. The highest BCUT2D eigenvalue weighted by atomic mass is 79.9. The zero-order valence-electron chi connectivity index (χ0n) is 11.0. The van der Waals surface area contributed by atoms with Gasteiger partial charge in [-0.1, -0.05) is 15.9 Å². The second-order valence-corrected chi connectivity index (χ2v) is 8.26. The Labute approximate surface area is 134 Å². The van der Waals surface area contributed by atoms with Crippen LogP contribution < -0.4 is 9.44 Å². The highest BCUT2D eigenvalue weighted by Crippen LogP contribution is 2.31. The number of carboxylic acid groups (broad SMARTS) is 1. The van der Waals surface area contributed by atoms with Crippen LogP contribution >= 0.6 is 31.9 Å². The lowest BCUT2D eigenvalue weighted by Gasteiger charge is -2.22. The monoisotopic (exact) mass is 428 g/mol. The smallest absolute Gasteiger partial charge is 0.337 e. The fraction of sp³-hybridized carbons (Fsp3) is 0.364. The molecule has 1 aromatic carbocycles. The molecule has 6 nitrogen and oxygen atoms in total. The Balaban J connectivity index is 3.25. The number of halogens is 2. The van der Waals surface area contributed by atoms with E-state index in [9.17, 15) is 13.2 Å². The predicted molar refractivity (Wildman–Crippen MR) is 84.2 cm³/mol. The number of benzene rings is 1. The molecule has 112 valence electrons. The van der Waals surface area contributed by atoms with Gasteiger partial charge in [0.1, 0.15) is 0 Å². The van der Waals surface area contributed by atoms with E-state index in [2.05, 4.69) is 41.3 Å². The molecule has 0 radical (unpaired) electrons. The molecule has 20 heavy (non-hydrogen) atoms. The first kappa shape index (κ1) is 17.4. The Kier molecular flexibility index (Phi) is 5.23. The molecule has 9 heteroatoms. The summed E-state index contributed by atoms with van der Waals surface area (Å²) in [5.41, 5.74) is -0.875. The first-order chi connectivity index (χ1) is 8.91. The van der Waals surface area contributed by atoms with Gasteiger partial charge in [0.25, 0.3) is 10.2 Å².